The highest BCUT2D eigenvalue weighted by atomic mass is 35.5. The molecule has 9 heteroatoms. The Morgan fingerprint density at radius 1 is 0.946 bits per heavy atom. The van der Waals surface area contributed by atoms with Crippen LogP contribution in [0.15, 0.2) is 66.7 Å². The maximum atomic E-state index is 14.6. The molecular formula is C28H25ClF5NO2. The number of hydrogen-bond donors (Lipinski definition) is 1. The normalized spacial score (nSPS) is 15.7. The number of benzene rings is 3. The van der Waals surface area contributed by atoms with Gasteiger partial charge in [-0.25, -0.2) is 8.78 Å². The van der Waals surface area contributed by atoms with Gasteiger partial charge in [0.05, 0.1) is 16.2 Å². The summed E-state index contributed by atoms with van der Waals surface area (Å²) in [4.78, 5) is 14.5. The van der Waals surface area contributed by atoms with Crippen LogP contribution in [-0.4, -0.2) is 29.0 Å². The van der Waals surface area contributed by atoms with E-state index in [1.54, 1.807) is 24.3 Å². The molecule has 3 nitrogen and oxygen atoms in total. The predicted octanol–water partition coefficient (Wildman–Crippen LogP) is 7.06. The molecule has 1 amide bonds. The first-order chi connectivity index (χ1) is 17.5. The largest absolute Gasteiger partial charge is 0.417 e. The van der Waals surface area contributed by atoms with Gasteiger partial charge in [0.2, 0.25) is 5.91 Å². The van der Waals surface area contributed by atoms with Crippen LogP contribution in [-0.2, 0) is 16.6 Å². The molecule has 1 fully saturated rings. The van der Waals surface area contributed by atoms with E-state index in [0.29, 0.717) is 0 Å². The van der Waals surface area contributed by atoms with Crippen LogP contribution in [0.25, 0.3) is 0 Å². The maximum Gasteiger partial charge on any atom is 0.417 e. The Morgan fingerprint density at radius 2 is 1.49 bits per heavy atom. The van der Waals surface area contributed by atoms with E-state index in [2.05, 4.69) is 0 Å². The van der Waals surface area contributed by atoms with Crippen molar-refractivity contribution < 1.29 is 31.9 Å². The number of likely N-dealkylation sites (tertiary alicyclic amines) is 1. The van der Waals surface area contributed by atoms with Crippen molar-refractivity contribution in [1.82, 2.24) is 4.90 Å². The molecule has 0 aromatic heterocycles. The average molecular weight is 538 g/mol. The van der Waals surface area contributed by atoms with Gasteiger partial charge >= 0.3 is 6.18 Å². The van der Waals surface area contributed by atoms with E-state index in [4.69, 9.17) is 11.6 Å². The summed E-state index contributed by atoms with van der Waals surface area (Å²) in [5.41, 5.74) is -1.89. The van der Waals surface area contributed by atoms with Gasteiger partial charge in [0.1, 0.15) is 11.6 Å². The molecule has 1 heterocycles. The van der Waals surface area contributed by atoms with E-state index in [-0.39, 0.29) is 61.4 Å². The van der Waals surface area contributed by atoms with E-state index in [0.717, 1.165) is 12.1 Å². The van der Waals surface area contributed by atoms with E-state index in [1.165, 1.54) is 35.2 Å². The number of carbonyl (C=O) groups is 1. The minimum atomic E-state index is -4.66. The van der Waals surface area contributed by atoms with Crippen LogP contribution < -0.4 is 0 Å². The lowest BCUT2D eigenvalue weighted by atomic mass is 9.83. The first kappa shape index (κ1) is 27.1. The number of amides is 1. The third-order valence-corrected chi connectivity index (χ3v) is 7.29. The van der Waals surface area contributed by atoms with Crippen LogP contribution in [0.2, 0.25) is 5.02 Å². The first-order valence-corrected chi connectivity index (χ1v) is 12.2. The molecule has 37 heavy (non-hydrogen) atoms. The van der Waals surface area contributed by atoms with E-state index >= 15 is 0 Å². The second-order valence-corrected chi connectivity index (χ2v) is 9.65. The molecule has 1 aliphatic heterocycles. The van der Waals surface area contributed by atoms with Crippen molar-refractivity contribution in [3.8, 4) is 0 Å². The lowest BCUT2D eigenvalue weighted by Gasteiger charge is -2.39. The Morgan fingerprint density at radius 3 is 2.00 bits per heavy atom. The molecule has 0 spiro atoms. The molecule has 0 unspecified atom stereocenters. The van der Waals surface area contributed by atoms with Crippen LogP contribution in [0.3, 0.4) is 0 Å². The van der Waals surface area contributed by atoms with Crippen LogP contribution in [0, 0.1) is 11.6 Å². The quantitative estimate of drug-likeness (QED) is 0.342. The average Bonchev–Trinajstić information content (AvgIpc) is 2.86. The van der Waals surface area contributed by atoms with Gasteiger partial charge in [-0.2, -0.15) is 13.2 Å². The lowest BCUT2D eigenvalue weighted by Crippen LogP contribution is -2.45. The van der Waals surface area contributed by atoms with Crippen LogP contribution >= 0.6 is 11.6 Å². The van der Waals surface area contributed by atoms with Crippen LogP contribution in [0.4, 0.5) is 22.0 Å². The standard InChI is InChI=1S/C28H25ClF5NO2/c29-23-11-9-18(17-22(23)28(32,33)34)27(37)13-15-35(16-14-27)26(36)12-10-19(20-5-1-3-7-24(20)30)21-6-2-4-8-25(21)31/h1-9,11,17,19,37H,10,12-16H2. The van der Waals surface area contributed by atoms with E-state index in [1.807, 2.05) is 0 Å². The maximum absolute atomic E-state index is 14.6. The monoisotopic (exact) mass is 537 g/mol. The van der Waals surface area contributed by atoms with Crippen LogP contribution in [0.1, 0.15) is 53.9 Å². The minimum Gasteiger partial charge on any atom is -0.385 e. The molecule has 3 aromatic rings. The number of hydrogen-bond acceptors (Lipinski definition) is 2. The predicted molar refractivity (Wildman–Crippen MR) is 130 cm³/mol. The zero-order valence-corrected chi connectivity index (χ0v) is 20.5. The van der Waals surface area contributed by atoms with Gasteiger partial charge in [-0.05, 0) is 60.2 Å². The van der Waals surface area contributed by atoms with Crippen molar-refractivity contribution in [2.24, 2.45) is 0 Å². The van der Waals surface area contributed by atoms with Crippen molar-refractivity contribution in [2.75, 3.05) is 13.1 Å². The van der Waals surface area contributed by atoms with Crippen LogP contribution in [0.5, 0.6) is 0 Å². The number of alkyl halides is 3. The Kier molecular flexibility index (Phi) is 7.90. The molecule has 0 saturated carbocycles. The molecular weight excluding hydrogens is 513 g/mol. The van der Waals surface area contributed by atoms with Crippen molar-refractivity contribution in [1.29, 1.82) is 0 Å². The third kappa shape index (κ3) is 5.96. The lowest BCUT2D eigenvalue weighted by molar-refractivity contribution is -0.137. The van der Waals surface area contributed by atoms with Crippen molar-refractivity contribution >= 4 is 17.5 Å². The van der Waals surface area contributed by atoms with E-state index in [9.17, 15) is 31.9 Å². The summed E-state index contributed by atoms with van der Waals surface area (Å²) in [6, 6.07) is 15.4. The van der Waals surface area contributed by atoms with Gasteiger partial charge in [-0.1, -0.05) is 54.1 Å². The van der Waals surface area contributed by atoms with Crippen molar-refractivity contribution in [3.63, 3.8) is 0 Å². The fraction of sp³-hybridized carbons (Fsp3) is 0.321. The summed E-state index contributed by atoms with van der Waals surface area (Å²) in [6.45, 7) is 0.257. The number of carbonyl (C=O) groups excluding carboxylic acids is 1. The Hall–Kier alpha value is -2.97. The number of halogens is 6. The van der Waals surface area contributed by atoms with Crippen molar-refractivity contribution in [2.45, 2.75) is 43.4 Å². The summed E-state index contributed by atoms with van der Waals surface area (Å²) in [5, 5.41) is 10.6. The molecule has 1 saturated heterocycles. The highest BCUT2D eigenvalue weighted by Gasteiger charge is 2.39. The minimum absolute atomic E-state index is 0.00489. The Labute approximate surface area is 216 Å². The van der Waals surface area contributed by atoms with Gasteiger partial charge in [-0.15, -0.1) is 0 Å². The zero-order chi connectivity index (χ0) is 26.8. The summed E-state index contributed by atoms with van der Waals surface area (Å²) in [5.74, 6) is -1.92. The third-order valence-electron chi connectivity index (χ3n) is 6.96. The number of rotatable bonds is 6. The van der Waals surface area contributed by atoms with Gasteiger partial charge in [0.15, 0.2) is 0 Å². The van der Waals surface area contributed by atoms with Gasteiger partial charge < -0.3 is 10.0 Å². The topological polar surface area (TPSA) is 40.5 Å². The molecule has 0 aliphatic carbocycles. The molecule has 1 aliphatic rings. The molecule has 3 aromatic carbocycles. The number of aliphatic hydroxyl groups is 1. The zero-order valence-electron chi connectivity index (χ0n) is 19.7. The van der Waals surface area contributed by atoms with Gasteiger partial charge in [0.25, 0.3) is 0 Å². The smallest absolute Gasteiger partial charge is 0.385 e. The molecule has 0 atom stereocenters. The summed E-state index contributed by atoms with van der Waals surface area (Å²) in [7, 11) is 0. The van der Waals surface area contributed by atoms with Gasteiger partial charge in [0, 0.05) is 25.4 Å². The molecule has 1 N–H and O–H groups in total. The van der Waals surface area contributed by atoms with E-state index < -0.39 is 39.9 Å². The number of piperidine rings is 1. The summed E-state index contributed by atoms with van der Waals surface area (Å²) in [6.07, 6.45) is -4.41. The highest BCUT2D eigenvalue weighted by molar-refractivity contribution is 6.31. The summed E-state index contributed by atoms with van der Waals surface area (Å²) < 4.78 is 69.0. The highest BCUT2D eigenvalue weighted by Crippen LogP contribution is 2.40. The van der Waals surface area contributed by atoms with Gasteiger partial charge in [-0.3, -0.25) is 4.79 Å². The number of nitrogens with zero attached hydrogens (tertiary/aromatic N) is 1. The molecule has 4 rings (SSSR count). The Bertz CT molecular complexity index is 1230. The first-order valence-electron chi connectivity index (χ1n) is 11.9. The fourth-order valence-corrected chi connectivity index (χ4v) is 5.09. The Balaban J connectivity index is 1.45. The fourth-order valence-electron chi connectivity index (χ4n) is 4.87. The second-order valence-electron chi connectivity index (χ2n) is 9.24. The second kappa shape index (κ2) is 10.8. The molecule has 0 radical (unpaired) electrons. The molecule has 0 bridgehead atoms. The SMILES string of the molecule is O=C(CCC(c1ccccc1F)c1ccccc1F)N1CCC(O)(c2ccc(Cl)c(C(F)(F)F)c2)CC1. The van der Waals surface area contributed by atoms with Crippen molar-refractivity contribution in [3.05, 3.63) is 106 Å². The molecule has 196 valence electrons. The summed E-state index contributed by atoms with van der Waals surface area (Å²) >= 11 is 5.70.